The zero-order chi connectivity index (χ0) is 43.9. The summed E-state index contributed by atoms with van der Waals surface area (Å²) in [5.74, 6) is 19.0. The van der Waals surface area contributed by atoms with Crippen molar-refractivity contribution in [3.63, 3.8) is 0 Å². The summed E-state index contributed by atoms with van der Waals surface area (Å²) < 4.78 is 0. The predicted octanol–water partition coefficient (Wildman–Crippen LogP) is 18.6. The summed E-state index contributed by atoms with van der Waals surface area (Å²) in [6, 6.07) is 18.3. The van der Waals surface area contributed by atoms with Gasteiger partial charge in [-0.15, -0.1) is 0 Å². The molecule has 0 unspecified atom stereocenters. The maximum Gasteiger partial charge on any atom is 0.0319 e. The van der Waals surface area contributed by atoms with Crippen LogP contribution in [0.4, 0.5) is 0 Å². The van der Waals surface area contributed by atoms with Gasteiger partial charge in [0.05, 0.1) is 0 Å². The van der Waals surface area contributed by atoms with Crippen LogP contribution in [-0.2, 0) is 12.8 Å². The molecular weight excluding hydrogens is 757 g/mol. The van der Waals surface area contributed by atoms with Gasteiger partial charge in [-0.2, -0.15) is 0 Å². The molecule has 4 bridgehead atoms. The predicted molar refractivity (Wildman–Crippen MR) is 273 cm³/mol. The fourth-order valence-electron chi connectivity index (χ4n) is 14.4. The lowest BCUT2D eigenvalue weighted by Gasteiger charge is -2.56. The minimum Gasteiger partial charge on any atom is -0.0911 e. The number of aryl methyl sites for hydroxylation is 2. The average molecular weight is 851 g/mol. The number of fused-ring (bicyclic) bond motifs is 6. The summed E-state index contributed by atoms with van der Waals surface area (Å²) in [6.07, 6.45) is 49.6. The Morgan fingerprint density at radius 3 is 1.06 bits per heavy atom. The molecule has 346 valence electrons. The third-order valence-corrected chi connectivity index (χ3v) is 19.2. The smallest absolute Gasteiger partial charge is 0.0319 e. The first kappa shape index (κ1) is 48.5. The Morgan fingerprint density at radius 2 is 0.714 bits per heavy atom. The highest BCUT2D eigenvalue weighted by molar-refractivity contribution is 5.39. The zero-order valence-electron chi connectivity index (χ0n) is 41.7. The van der Waals surface area contributed by atoms with E-state index in [0.717, 1.165) is 23.7 Å². The van der Waals surface area contributed by atoms with Crippen LogP contribution in [0.2, 0.25) is 0 Å². The second-order valence-corrected chi connectivity index (χ2v) is 23.2. The molecule has 8 aliphatic rings. The molecule has 2 aromatic rings. The third kappa shape index (κ3) is 13.1. The fraction of sp³-hybridized carbons (Fsp3) is 0.746. The minimum atomic E-state index is 0.332. The molecule has 0 nitrogen and oxygen atoms in total. The quantitative estimate of drug-likeness (QED) is 0.110. The van der Waals surface area contributed by atoms with Gasteiger partial charge in [-0.1, -0.05) is 172 Å². The maximum atomic E-state index is 3.82. The first-order chi connectivity index (χ1) is 30.8. The van der Waals surface area contributed by atoms with Crippen LogP contribution < -0.4 is 0 Å². The first-order valence-electron chi connectivity index (χ1n) is 28.1. The minimum absolute atomic E-state index is 0.332. The number of hydrogen-bond acceptors (Lipinski definition) is 0. The van der Waals surface area contributed by atoms with Crippen LogP contribution >= 0.6 is 0 Å². The second-order valence-electron chi connectivity index (χ2n) is 23.2. The molecule has 0 heterocycles. The van der Waals surface area contributed by atoms with Gasteiger partial charge < -0.3 is 0 Å². The molecule has 0 aliphatic heterocycles. The zero-order valence-corrected chi connectivity index (χ0v) is 41.7. The summed E-state index contributed by atoms with van der Waals surface area (Å²) in [7, 11) is 0. The molecular formula is C63H94. The van der Waals surface area contributed by atoms with Crippen LogP contribution in [0.25, 0.3) is 0 Å². The molecule has 10 rings (SSSR count). The van der Waals surface area contributed by atoms with Crippen molar-refractivity contribution < 1.29 is 0 Å². The van der Waals surface area contributed by atoms with Gasteiger partial charge in [-0.05, 0) is 198 Å². The highest BCUT2D eigenvalue weighted by Crippen LogP contribution is 2.63. The largest absolute Gasteiger partial charge is 0.0911 e. The van der Waals surface area contributed by atoms with Crippen molar-refractivity contribution in [2.75, 3.05) is 0 Å². The molecule has 0 radical (unpaired) electrons. The van der Waals surface area contributed by atoms with Gasteiger partial charge >= 0.3 is 0 Å². The van der Waals surface area contributed by atoms with E-state index in [1.54, 1.807) is 0 Å². The molecule has 0 heteroatoms. The van der Waals surface area contributed by atoms with Crippen molar-refractivity contribution in [3.05, 3.63) is 70.8 Å². The second kappa shape index (κ2) is 23.8. The van der Waals surface area contributed by atoms with Crippen molar-refractivity contribution in [1.82, 2.24) is 0 Å². The normalized spacial score (nSPS) is 32.1. The first-order valence-corrected chi connectivity index (χ1v) is 28.1. The molecule has 63 heavy (non-hydrogen) atoms. The van der Waals surface area contributed by atoms with Gasteiger partial charge in [0, 0.05) is 22.0 Å². The Balaban J connectivity index is 0.000000189. The van der Waals surface area contributed by atoms with E-state index >= 15 is 0 Å². The van der Waals surface area contributed by atoms with Gasteiger partial charge in [0.2, 0.25) is 0 Å². The maximum absolute atomic E-state index is 3.82. The molecule has 0 spiro atoms. The van der Waals surface area contributed by atoms with Crippen LogP contribution in [-0.4, -0.2) is 0 Å². The number of unbranched alkanes of at least 4 members (excludes halogenated alkanes) is 7. The number of benzene rings is 2. The topological polar surface area (TPSA) is 0 Å². The van der Waals surface area contributed by atoms with Gasteiger partial charge in [-0.25, -0.2) is 0 Å². The van der Waals surface area contributed by atoms with Gasteiger partial charge in [-0.3, -0.25) is 0 Å². The summed E-state index contributed by atoms with van der Waals surface area (Å²) in [4.78, 5) is 0. The van der Waals surface area contributed by atoms with Gasteiger partial charge in [0.25, 0.3) is 0 Å². The molecule has 8 fully saturated rings. The summed E-state index contributed by atoms with van der Waals surface area (Å²) in [5, 5.41) is 0. The summed E-state index contributed by atoms with van der Waals surface area (Å²) in [5.41, 5.74) is 7.45. The molecule has 8 aliphatic carbocycles. The lowest BCUT2D eigenvalue weighted by Crippen LogP contribution is -2.45. The fourth-order valence-corrected chi connectivity index (χ4v) is 14.4. The lowest BCUT2D eigenvalue weighted by atomic mass is 9.48. The third-order valence-electron chi connectivity index (χ3n) is 19.2. The highest BCUT2D eigenvalue weighted by atomic mass is 14.6. The lowest BCUT2D eigenvalue weighted by molar-refractivity contribution is -0.0379. The monoisotopic (exact) mass is 851 g/mol. The van der Waals surface area contributed by atoms with E-state index in [1.807, 2.05) is 0 Å². The van der Waals surface area contributed by atoms with E-state index in [4.69, 9.17) is 0 Å². The molecule has 0 N–H and O–H groups in total. The van der Waals surface area contributed by atoms with E-state index in [-0.39, 0.29) is 0 Å². The molecule has 0 amide bonds. The van der Waals surface area contributed by atoms with Crippen LogP contribution in [0.1, 0.15) is 262 Å². The summed E-state index contributed by atoms with van der Waals surface area (Å²) >= 11 is 0. The van der Waals surface area contributed by atoms with Crippen molar-refractivity contribution in [2.24, 2.45) is 45.3 Å². The van der Waals surface area contributed by atoms with E-state index in [2.05, 4.69) is 99.9 Å². The van der Waals surface area contributed by atoms with Crippen LogP contribution in [0.5, 0.6) is 0 Å². The van der Waals surface area contributed by atoms with E-state index in [1.165, 1.54) is 247 Å². The van der Waals surface area contributed by atoms with E-state index < -0.39 is 0 Å². The van der Waals surface area contributed by atoms with E-state index in [0.29, 0.717) is 21.7 Å². The molecule has 0 saturated heterocycles. The van der Waals surface area contributed by atoms with Crippen LogP contribution in [0.3, 0.4) is 0 Å². The highest BCUT2D eigenvalue weighted by Gasteiger charge is 2.53. The Bertz CT molecular complexity index is 1700. The van der Waals surface area contributed by atoms with Crippen molar-refractivity contribution >= 4 is 0 Å². The standard InChI is InChI=1S/C32H48.C31H46/c1-3-5-7-9-27-11-13-29(14-12-27)19-20-31-21-24-32(25-22-31,26-23-31)30-17-15-28(16-18-30)10-8-6-4-2;1-3-5-7-9-27-10-12-28(13-11-27)18-19-30-20-23-31(24-21-30,25-22-30)29-16-14-26(15-17-29)8-6-4-2/h11-14,28,30H,3-10,15-18,21-26H2,1-2H3;10-13,26,29H,3-9,14-17,20-25H2,1-2H3/t28-,30-,31?,32?;26-,29-,30?,31?. The Hall–Kier alpha value is -2.44. The molecule has 8 saturated carbocycles. The average Bonchev–Trinajstić information content (AvgIpc) is 3.35. The Labute approximate surface area is 390 Å². The van der Waals surface area contributed by atoms with Gasteiger partial charge in [0.1, 0.15) is 0 Å². The van der Waals surface area contributed by atoms with Crippen LogP contribution in [0, 0.1) is 69.0 Å². The molecule has 0 aromatic heterocycles. The molecule has 0 atom stereocenters. The van der Waals surface area contributed by atoms with Crippen molar-refractivity contribution in [2.45, 2.75) is 252 Å². The SMILES string of the molecule is CCCCCc1ccc(C#CC23CCC([C@H]4CC[C@H](CCCC)CC4)(CC2)CC3)cc1.CCCCCc1ccc(C#CC23CCC([C@H]4CC[C@H](CCCCC)CC4)(CC2)CC3)cc1. The number of hydrogen-bond donors (Lipinski definition) is 0. The van der Waals surface area contributed by atoms with E-state index in [9.17, 15) is 0 Å². The van der Waals surface area contributed by atoms with Crippen molar-refractivity contribution in [1.29, 1.82) is 0 Å². The Kier molecular flexibility index (Phi) is 18.4. The van der Waals surface area contributed by atoms with Gasteiger partial charge in [0.15, 0.2) is 0 Å². The van der Waals surface area contributed by atoms with Crippen molar-refractivity contribution in [3.8, 4) is 23.7 Å². The van der Waals surface area contributed by atoms with Crippen LogP contribution in [0.15, 0.2) is 48.5 Å². The molecule has 2 aromatic carbocycles. The Morgan fingerprint density at radius 1 is 0.381 bits per heavy atom. The number of rotatable bonds is 17. The summed E-state index contributed by atoms with van der Waals surface area (Å²) in [6.45, 7) is 9.22.